The Kier molecular flexibility index (Phi) is 5.68. The number of amides is 1. The zero-order valence-corrected chi connectivity index (χ0v) is 17.6. The lowest BCUT2D eigenvalue weighted by Gasteiger charge is -2.30. The van der Waals surface area contributed by atoms with Gasteiger partial charge in [-0.1, -0.05) is 24.3 Å². The number of hydrogen-bond donors (Lipinski definition) is 1. The summed E-state index contributed by atoms with van der Waals surface area (Å²) in [6.45, 7) is 0.358. The van der Waals surface area contributed by atoms with Gasteiger partial charge in [0, 0.05) is 17.8 Å². The first-order valence-electron chi connectivity index (χ1n) is 9.85. The van der Waals surface area contributed by atoms with Crippen molar-refractivity contribution in [2.24, 2.45) is 0 Å². The summed E-state index contributed by atoms with van der Waals surface area (Å²) in [6, 6.07) is 16.9. The normalized spacial score (nSPS) is 14.0. The molecule has 0 saturated carbocycles. The first-order chi connectivity index (χ1) is 15.2. The molecule has 0 aromatic heterocycles. The van der Waals surface area contributed by atoms with E-state index < -0.39 is 27.7 Å². The van der Waals surface area contributed by atoms with Crippen LogP contribution in [0.5, 0.6) is 0 Å². The van der Waals surface area contributed by atoms with Crippen molar-refractivity contribution in [3.8, 4) is 0 Å². The topological polar surface area (TPSA) is 66.5 Å². The van der Waals surface area contributed by atoms with E-state index in [0.717, 1.165) is 24.1 Å². The minimum absolute atomic E-state index is 0.00792. The number of alkyl halides is 3. The molecule has 0 radical (unpaired) electrons. The van der Waals surface area contributed by atoms with E-state index in [4.69, 9.17) is 0 Å². The molecular weight excluding hydrogens is 441 g/mol. The molecule has 0 spiro atoms. The van der Waals surface area contributed by atoms with Gasteiger partial charge in [-0.05, 0) is 66.9 Å². The van der Waals surface area contributed by atoms with E-state index >= 15 is 0 Å². The molecule has 1 aliphatic heterocycles. The lowest BCUT2D eigenvalue weighted by molar-refractivity contribution is -0.137. The van der Waals surface area contributed by atoms with Gasteiger partial charge in [0.05, 0.1) is 16.1 Å². The quantitative estimate of drug-likeness (QED) is 0.589. The van der Waals surface area contributed by atoms with Gasteiger partial charge in [0.2, 0.25) is 0 Å². The maximum Gasteiger partial charge on any atom is 0.416 e. The predicted octanol–water partition coefficient (Wildman–Crippen LogP) is 5.10. The summed E-state index contributed by atoms with van der Waals surface area (Å²) < 4.78 is 66.3. The Balaban J connectivity index is 1.54. The second kappa shape index (κ2) is 8.31. The maximum atomic E-state index is 13.2. The summed E-state index contributed by atoms with van der Waals surface area (Å²) in [7, 11) is -3.82. The Labute approximate surface area is 183 Å². The fraction of sp³-hybridized carbons (Fsp3) is 0.174. The van der Waals surface area contributed by atoms with E-state index in [1.54, 1.807) is 12.1 Å². The first kappa shape index (κ1) is 21.9. The van der Waals surface area contributed by atoms with Crippen LogP contribution in [0.3, 0.4) is 0 Å². The Bertz CT molecular complexity index is 1260. The van der Waals surface area contributed by atoms with Crippen molar-refractivity contribution in [3.63, 3.8) is 0 Å². The van der Waals surface area contributed by atoms with Crippen molar-refractivity contribution in [2.75, 3.05) is 16.2 Å². The molecule has 0 fully saturated rings. The van der Waals surface area contributed by atoms with Crippen LogP contribution in [-0.2, 0) is 22.6 Å². The van der Waals surface area contributed by atoms with Crippen LogP contribution in [0.25, 0.3) is 0 Å². The van der Waals surface area contributed by atoms with Crippen LogP contribution in [0.15, 0.2) is 77.7 Å². The monoisotopic (exact) mass is 460 g/mol. The number of carbonyl (C=O) groups is 1. The average Bonchev–Trinajstić information content (AvgIpc) is 2.78. The van der Waals surface area contributed by atoms with Gasteiger partial charge in [-0.15, -0.1) is 0 Å². The number of para-hydroxylation sites is 1. The van der Waals surface area contributed by atoms with E-state index in [9.17, 15) is 26.4 Å². The molecule has 1 amide bonds. The number of anilines is 2. The number of carbonyl (C=O) groups excluding carboxylic acids is 1. The third kappa shape index (κ3) is 4.34. The minimum Gasteiger partial charge on any atom is -0.322 e. The molecule has 0 unspecified atom stereocenters. The predicted molar refractivity (Wildman–Crippen MR) is 115 cm³/mol. The van der Waals surface area contributed by atoms with Crippen LogP contribution < -0.4 is 9.62 Å². The van der Waals surface area contributed by atoms with Gasteiger partial charge >= 0.3 is 6.18 Å². The van der Waals surface area contributed by atoms with Gasteiger partial charge in [-0.2, -0.15) is 13.2 Å². The maximum absolute atomic E-state index is 13.2. The molecule has 166 valence electrons. The van der Waals surface area contributed by atoms with Crippen molar-refractivity contribution in [3.05, 3.63) is 89.5 Å². The fourth-order valence-corrected chi connectivity index (χ4v) is 5.17. The molecule has 3 aromatic carbocycles. The third-order valence-corrected chi connectivity index (χ3v) is 7.05. The number of nitrogens with one attached hydrogen (secondary N) is 1. The lowest BCUT2D eigenvalue weighted by atomic mass is 10.0. The molecule has 1 heterocycles. The minimum atomic E-state index is -4.52. The number of hydrogen-bond acceptors (Lipinski definition) is 3. The highest BCUT2D eigenvalue weighted by Crippen LogP contribution is 2.32. The van der Waals surface area contributed by atoms with Crippen LogP contribution in [-0.4, -0.2) is 20.9 Å². The third-order valence-electron chi connectivity index (χ3n) is 5.22. The number of nitrogens with zero attached hydrogens (tertiary/aromatic N) is 1. The summed E-state index contributed by atoms with van der Waals surface area (Å²) in [4.78, 5) is 12.5. The fourth-order valence-electron chi connectivity index (χ4n) is 3.63. The van der Waals surface area contributed by atoms with Crippen molar-refractivity contribution < 1.29 is 26.4 Å². The Morgan fingerprint density at radius 1 is 0.938 bits per heavy atom. The molecule has 1 aliphatic rings. The molecular formula is C23H19F3N2O3S. The lowest BCUT2D eigenvalue weighted by Crippen LogP contribution is -2.35. The second-order valence-corrected chi connectivity index (χ2v) is 9.23. The molecule has 5 nitrogen and oxygen atoms in total. The van der Waals surface area contributed by atoms with Crippen LogP contribution in [0, 0.1) is 0 Å². The standard InChI is InChI=1S/C23H19F3N2O3S/c24-23(25,26)18-7-3-8-19(15-18)27-22(29)17-10-12-20(13-11-17)32(30,31)28-14-4-6-16-5-1-2-9-21(16)28/h1-3,5,7-13,15H,4,6,14H2,(H,27,29). The van der Waals surface area contributed by atoms with E-state index in [2.05, 4.69) is 5.32 Å². The van der Waals surface area contributed by atoms with Gasteiger partial charge in [0.25, 0.3) is 15.9 Å². The van der Waals surface area contributed by atoms with Crippen molar-refractivity contribution in [1.29, 1.82) is 0 Å². The van der Waals surface area contributed by atoms with Crippen LogP contribution in [0.4, 0.5) is 24.5 Å². The van der Waals surface area contributed by atoms with E-state index in [1.807, 2.05) is 12.1 Å². The van der Waals surface area contributed by atoms with Crippen LogP contribution in [0.1, 0.15) is 27.9 Å². The van der Waals surface area contributed by atoms with Crippen molar-refractivity contribution in [1.82, 2.24) is 0 Å². The molecule has 9 heteroatoms. The summed E-state index contributed by atoms with van der Waals surface area (Å²) in [5.41, 5.74) is 0.843. The van der Waals surface area contributed by atoms with Gasteiger partial charge < -0.3 is 5.32 Å². The number of fused-ring (bicyclic) bond motifs is 1. The van der Waals surface area contributed by atoms with Gasteiger partial charge in [0.15, 0.2) is 0 Å². The van der Waals surface area contributed by atoms with Crippen LogP contribution >= 0.6 is 0 Å². The number of sulfonamides is 1. The van der Waals surface area contributed by atoms with E-state index in [0.29, 0.717) is 18.7 Å². The Morgan fingerprint density at radius 3 is 2.38 bits per heavy atom. The number of benzene rings is 3. The molecule has 4 rings (SSSR count). The number of aryl methyl sites for hydroxylation is 1. The molecule has 0 saturated heterocycles. The van der Waals surface area contributed by atoms with Gasteiger partial charge in [-0.3, -0.25) is 9.10 Å². The van der Waals surface area contributed by atoms with Crippen LogP contribution in [0.2, 0.25) is 0 Å². The zero-order chi connectivity index (χ0) is 22.9. The Morgan fingerprint density at radius 2 is 1.66 bits per heavy atom. The molecule has 0 bridgehead atoms. The summed E-state index contributed by atoms with van der Waals surface area (Å²) in [5, 5.41) is 2.41. The van der Waals surface area contributed by atoms with Gasteiger partial charge in [0.1, 0.15) is 0 Å². The SMILES string of the molecule is O=C(Nc1cccc(C(F)(F)F)c1)c1ccc(S(=O)(=O)N2CCCc3ccccc32)cc1. The molecule has 0 aliphatic carbocycles. The molecule has 1 N–H and O–H groups in total. The summed E-state index contributed by atoms with van der Waals surface area (Å²) in [5.74, 6) is -0.642. The van der Waals surface area contributed by atoms with Crippen molar-refractivity contribution in [2.45, 2.75) is 23.9 Å². The highest BCUT2D eigenvalue weighted by molar-refractivity contribution is 7.92. The molecule has 0 atom stereocenters. The first-order valence-corrected chi connectivity index (χ1v) is 11.3. The number of rotatable bonds is 4. The van der Waals surface area contributed by atoms with Gasteiger partial charge in [-0.25, -0.2) is 8.42 Å². The molecule has 3 aromatic rings. The summed E-state index contributed by atoms with van der Waals surface area (Å²) in [6.07, 6.45) is -3.02. The summed E-state index contributed by atoms with van der Waals surface area (Å²) >= 11 is 0. The smallest absolute Gasteiger partial charge is 0.322 e. The largest absolute Gasteiger partial charge is 0.416 e. The average molecular weight is 460 g/mol. The second-order valence-electron chi connectivity index (χ2n) is 7.37. The van der Waals surface area contributed by atoms with Crippen molar-refractivity contribution >= 4 is 27.3 Å². The highest BCUT2D eigenvalue weighted by Gasteiger charge is 2.31. The zero-order valence-electron chi connectivity index (χ0n) is 16.8. The number of halogens is 3. The molecule has 32 heavy (non-hydrogen) atoms. The van der Waals surface area contributed by atoms with E-state index in [1.165, 1.54) is 40.7 Å². The Hall–Kier alpha value is -3.33. The highest BCUT2D eigenvalue weighted by atomic mass is 32.2. The van der Waals surface area contributed by atoms with E-state index in [-0.39, 0.29) is 16.1 Å².